The van der Waals surface area contributed by atoms with Crippen molar-refractivity contribution < 1.29 is 4.43 Å². The predicted octanol–water partition coefficient (Wildman–Crippen LogP) is 4.63. The zero-order valence-electron chi connectivity index (χ0n) is 14.1. The van der Waals surface area contributed by atoms with Crippen LogP contribution in [0.4, 0.5) is 0 Å². The van der Waals surface area contributed by atoms with Crippen LogP contribution in [0.2, 0.25) is 19.1 Å². The maximum Gasteiger partial charge on any atom is 0.189 e. The van der Waals surface area contributed by atoms with Crippen LogP contribution in [0.3, 0.4) is 0 Å². The highest BCUT2D eigenvalue weighted by Gasteiger charge is 2.30. The molecular formula is C15H35NOSSi. The number of hydrogen-bond donors (Lipinski definition) is 1. The molecule has 0 bridgehead atoms. The van der Waals surface area contributed by atoms with Gasteiger partial charge in [0.05, 0.1) is 6.23 Å². The minimum atomic E-state index is -1.61. The van der Waals surface area contributed by atoms with Crippen LogP contribution in [0.25, 0.3) is 0 Å². The first-order valence-electron chi connectivity index (χ1n) is 7.87. The summed E-state index contributed by atoms with van der Waals surface area (Å²) in [6, 6.07) is 1.20. The van der Waals surface area contributed by atoms with E-state index in [-0.39, 0.29) is 6.23 Å². The molecule has 0 aromatic rings. The molecule has 0 aliphatic rings. The molecule has 2 nitrogen and oxygen atoms in total. The van der Waals surface area contributed by atoms with E-state index in [9.17, 15) is 0 Å². The van der Waals surface area contributed by atoms with E-state index in [4.69, 9.17) is 17.1 Å². The van der Waals surface area contributed by atoms with Gasteiger partial charge in [-0.3, -0.25) is 4.90 Å². The summed E-state index contributed by atoms with van der Waals surface area (Å²) in [5.41, 5.74) is 0. The second kappa shape index (κ2) is 9.43. The van der Waals surface area contributed by atoms with Crippen molar-refractivity contribution in [3.05, 3.63) is 0 Å². The quantitative estimate of drug-likeness (QED) is 0.359. The number of hydrogen-bond acceptors (Lipinski definition) is 3. The SMILES string of the molecule is CCCC(S)C(C)C[Si](C)(C)OC(C)N(CC)CC. The molecule has 0 aliphatic heterocycles. The molecule has 0 N–H and O–H groups in total. The van der Waals surface area contributed by atoms with Crippen molar-refractivity contribution in [1.29, 1.82) is 0 Å². The van der Waals surface area contributed by atoms with Crippen LogP contribution in [0.5, 0.6) is 0 Å². The maximum atomic E-state index is 6.41. The number of nitrogens with zero attached hydrogens (tertiary/aromatic N) is 1. The van der Waals surface area contributed by atoms with Gasteiger partial charge in [0.2, 0.25) is 0 Å². The molecule has 0 aliphatic carbocycles. The van der Waals surface area contributed by atoms with Crippen LogP contribution in [0.15, 0.2) is 0 Å². The second-order valence-electron chi connectivity index (χ2n) is 6.24. The molecule has 0 heterocycles. The lowest BCUT2D eigenvalue weighted by atomic mass is 10.1. The van der Waals surface area contributed by atoms with Crippen molar-refractivity contribution in [2.75, 3.05) is 13.1 Å². The monoisotopic (exact) mass is 305 g/mol. The normalized spacial score (nSPS) is 17.5. The molecule has 0 rings (SSSR count). The third-order valence-electron chi connectivity index (χ3n) is 3.87. The van der Waals surface area contributed by atoms with Gasteiger partial charge in [0.1, 0.15) is 0 Å². The highest BCUT2D eigenvalue weighted by molar-refractivity contribution is 7.81. The Morgan fingerprint density at radius 2 is 1.63 bits per heavy atom. The lowest BCUT2D eigenvalue weighted by Gasteiger charge is -2.36. The first-order chi connectivity index (χ1) is 8.77. The van der Waals surface area contributed by atoms with Crippen molar-refractivity contribution in [3.63, 3.8) is 0 Å². The van der Waals surface area contributed by atoms with E-state index in [1.54, 1.807) is 0 Å². The van der Waals surface area contributed by atoms with Crippen molar-refractivity contribution in [2.24, 2.45) is 5.92 Å². The van der Waals surface area contributed by atoms with Crippen LogP contribution in [-0.4, -0.2) is 37.8 Å². The molecule has 3 atom stereocenters. The molecule has 0 radical (unpaired) electrons. The van der Waals surface area contributed by atoms with Gasteiger partial charge >= 0.3 is 0 Å². The van der Waals surface area contributed by atoms with Gasteiger partial charge in [-0.15, -0.1) is 0 Å². The van der Waals surface area contributed by atoms with Gasteiger partial charge in [0, 0.05) is 5.25 Å². The molecule has 0 aromatic heterocycles. The molecule has 0 aromatic carbocycles. The molecule has 3 unspecified atom stereocenters. The fourth-order valence-electron chi connectivity index (χ4n) is 2.81. The number of thiol groups is 1. The Hall–Kier alpha value is 0.487. The smallest absolute Gasteiger partial charge is 0.189 e. The van der Waals surface area contributed by atoms with Crippen molar-refractivity contribution in [1.82, 2.24) is 4.90 Å². The Kier molecular flexibility index (Phi) is 9.67. The average Bonchev–Trinajstić information content (AvgIpc) is 2.29. The van der Waals surface area contributed by atoms with E-state index in [1.165, 1.54) is 18.9 Å². The molecule has 0 saturated heterocycles. The highest BCUT2D eigenvalue weighted by Crippen LogP contribution is 2.27. The molecular weight excluding hydrogens is 270 g/mol. The van der Waals surface area contributed by atoms with Gasteiger partial charge in [-0.2, -0.15) is 12.6 Å². The summed E-state index contributed by atoms with van der Waals surface area (Å²) in [5.74, 6) is 0.647. The summed E-state index contributed by atoms with van der Waals surface area (Å²) in [6.07, 6.45) is 2.67. The third kappa shape index (κ3) is 7.74. The van der Waals surface area contributed by atoms with Crippen LogP contribution >= 0.6 is 12.6 Å². The molecule has 0 fully saturated rings. The Balaban J connectivity index is 4.37. The predicted molar refractivity (Wildman–Crippen MR) is 92.6 cm³/mol. The summed E-state index contributed by atoms with van der Waals surface area (Å²) in [7, 11) is -1.61. The Morgan fingerprint density at radius 3 is 2.05 bits per heavy atom. The van der Waals surface area contributed by atoms with Crippen LogP contribution in [-0.2, 0) is 4.43 Å². The summed E-state index contributed by atoms with van der Waals surface area (Å²) in [6.45, 7) is 18.0. The minimum Gasteiger partial charge on any atom is -0.402 e. The molecule has 0 amide bonds. The van der Waals surface area contributed by atoms with E-state index in [0.29, 0.717) is 11.2 Å². The fraction of sp³-hybridized carbons (Fsp3) is 1.00. The lowest BCUT2D eigenvalue weighted by Crippen LogP contribution is -2.44. The van der Waals surface area contributed by atoms with Crippen LogP contribution in [0, 0.1) is 5.92 Å². The summed E-state index contributed by atoms with van der Waals surface area (Å²) in [4.78, 5) is 2.38. The van der Waals surface area contributed by atoms with E-state index < -0.39 is 8.32 Å². The first kappa shape index (κ1) is 19.5. The van der Waals surface area contributed by atoms with Crippen molar-refractivity contribution in [2.45, 2.75) is 78.1 Å². The zero-order valence-corrected chi connectivity index (χ0v) is 16.0. The summed E-state index contributed by atoms with van der Waals surface area (Å²) in [5, 5.41) is 0.518. The molecule has 116 valence electrons. The van der Waals surface area contributed by atoms with E-state index in [1.807, 2.05) is 0 Å². The van der Waals surface area contributed by atoms with Gasteiger partial charge in [-0.1, -0.05) is 34.1 Å². The Morgan fingerprint density at radius 1 is 1.11 bits per heavy atom. The van der Waals surface area contributed by atoms with Crippen molar-refractivity contribution in [3.8, 4) is 0 Å². The standard InChI is InChI=1S/C15H35NOSSi/c1-8-11-15(18)13(4)12-19(6,7)17-14(5)16(9-2)10-3/h13-15,18H,8-12H2,1-7H3. The van der Waals surface area contributed by atoms with Crippen LogP contribution < -0.4 is 0 Å². The number of rotatable bonds is 10. The van der Waals surface area contributed by atoms with Gasteiger partial charge in [0.15, 0.2) is 8.32 Å². The van der Waals surface area contributed by atoms with E-state index in [0.717, 1.165) is 13.1 Å². The van der Waals surface area contributed by atoms with Gasteiger partial charge in [-0.25, -0.2) is 0 Å². The third-order valence-corrected chi connectivity index (χ3v) is 7.24. The molecule has 0 saturated carbocycles. The topological polar surface area (TPSA) is 12.5 Å². The minimum absolute atomic E-state index is 0.244. The maximum absolute atomic E-state index is 6.41. The zero-order chi connectivity index (χ0) is 15.1. The van der Waals surface area contributed by atoms with Crippen molar-refractivity contribution >= 4 is 20.9 Å². The Labute approximate surface area is 127 Å². The van der Waals surface area contributed by atoms with E-state index in [2.05, 4.69) is 52.6 Å². The second-order valence-corrected chi connectivity index (χ2v) is 11.1. The average molecular weight is 306 g/mol. The largest absolute Gasteiger partial charge is 0.402 e. The van der Waals surface area contributed by atoms with E-state index >= 15 is 0 Å². The molecule has 0 spiro atoms. The summed E-state index contributed by atoms with van der Waals surface area (Å²) >= 11 is 4.74. The highest BCUT2D eigenvalue weighted by atomic mass is 32.1. The van der Waals surface area contributed by atoms with Gasteiger partial charge in [0.25, 0.3) is 0 Å². The van der Waals surface area contributed by atoms with Gasteiger partial charge < -0.3 is 4.43 Å². The fourth-order valence-corrected chi connectivity index (χ4v) is 6.38. The molecule has 19 heavy (non-hydrogen) atoms. The molecule has 4 heteroatoms. The summed E-state index contributed by atoms with van der Waals surface area (Å²) < 4.78 is 6.41. The van der Waals surface area contributed by atoms with Gasteiger partial charge in [-0.05, 0) is 51.5 Å². The Bertz CT molecular complexity index is 234. The lowest BCUT2D eigenvalue weighted by molar-refractivity contribution is 0.0398. The van der Waals surface area contributed by atoms with Crippen LogP contribution in [0.1, 0.15) is 47.5 Å². The first-order valence-corrected chi connectivity index (χ1v) is 11.5.